The quantitative estimate of drug-likeness (QED) is 0.699. The van der Waals surface area contributed by atoms with Gasteiger partial charge in [-0.2, -0.15) is 9.78 Å². The largest absolute Gasteiger partial charge is 0.382 e. The van der Waals surface area contributed by atoms with Crippen molar-refractivity contribution in [2.75, 3.05) is 18.4 Å². The molecule has 6 nitrogen and oxygen atoms in total. The fourth-order valence-electron chi connectivity index (χ4n) is 2.89. The summed E-state index contributed by atoms with van der Waals surface area (Å²) in [4.78, 5) is 12.4. The van der Waals surface area contributed by atoms with Gasteiger partial charge in [-0.05, 0) is 37.8 Å². The van der Waals surface area contributed by atoms with Crippen molar-refractivity contribution in [2.45, 2.75) is 25.8 Å². The Balaban J connectivity index is 1.61. The van der Waals surface area contributed by atoms with Crippen molar-refractivity contribution >= 4 is 17.3 Å². The van der Waals surface area contributed by atoms with Crippen molar-refractivity contribution in [2.24, 2.45) is 5.92 Å². The zero-order valence-electron chi connectivity index (χ0n) is 13.6. The van der Waals surface area contributed by atoms with Crippen LogP contribution in [0.25, 0.3) is 5.69 Å². The topological polar surface area (TPSA) is 71.0 Å². The molecule has 1 saturated heterocycles. The smallest absolute Gasteiger partial charge is 0.292 e. The van der Waals surface area contributed by atoms with Crippen LogP contribution in [0.5, 0.6) is 0 Å². The number of hydrogen-bond acceptors (Lipinski definition) is 5. The number of nitrogens with zero attached hydrogens (tertiary/aromatic N) is 2. The predicted octanol–water partition coefficient (Wildman–Crippen LogP) is 2.19. The molecule has 1 fully saturated rings. The van der Waals surface area contributed by atoms with Crippen LogP contribution < -0.4 is 21.7 Å². The first kappa shape index (κ1) is 17.0. The van der Waals surface area contributed by atoms with Crippen LogP contribution in [-0.4, -0.2) is 28.9 Å². The van der Waals surface area contributed by atoms with E-state index >= 15 is 0 Å². The maximum atomic E-state index is 12.4. The molecule has 3 rings (SSSR count). The van der Waals surface area contributed by atoms with Gasteiger partial charge in [0.25, 0.3) is 5.56 Å². The summed E-state index contributed by atoms with van der Waals surface area (Å²) in [6.45, 7) is 3.94. The second-order valence-corrected chi connectivity index (χ2v) is 6.45. The van der Waals surface area contributed by atoms with Crippen LogP contribution >= 0.6 is 11.6 Å². The number of anilines is 1. The molecule has 0 saturated carbocycles. The number of aromatic nitrogens is 2. The average Bonchev–Trinajstić information content (AvgIpc) is 3.01. The Morgan fingerprint density at radius 1 is 1.38 bits per heavy atom. The van der Waals surface area contributed by atoms with Crippen molar-refractivity contribution in [3.05, 3.63) is 51.9 Å². The summed E-state index contributed by atoms with van der Waals surface area (Å²) < 4.78 is 1.31. The van der Waals surface area contributed by atoms with Crippen LogP contribution in [0.4, 0.5) is 5.69 Å². The first-order valence-electron chi connectivity index (χ1n) is 8.22. The summed E-state index contributed by atoms with van der Waals surface area (Å²) in [7, 11) is 0. The van der Waals surface area contributed by atoms with Gasteiger partial charge in [0.2, 0.25) is 0 Å². The number of nitrogens with one attached hydrogen (secondary N) is 3. The van der Waals surface area contributed by atoms with E-state index in [0.717, 1.165) is 25.9 Å². The third-order valence-electron chi connectivity index (χ3n) is 4.39. The fraction of sp³-hybridized carbons (Fsp3) is 0.412. The fourth-order valence-corrected chi connectivity index (χ4v) is 3.09. The molecule has 1 aliphatic heterocycles. The van der Waals surface area contributed by atoms with E-state index in [1.54, 1.807) is 6.20 Å². The zero-order chi connectivity index (χ0) is 16.9. The van der Waals surface area contributed by atoms with Gasteiger partial charge in [0, 0.05) is 19.1 Å². The Morgan fingerprint density at radius 2 is 2.17 bits per heavy atom. The lowest BCUT2D eigenvalue weighted by atomic mass is 9.98. The molecule has 7 heteroatoms. The summed E-state index contributed by atoms with van der Waals surface area (Å²) in [5.41, 5.74) is 7.37. The van der Waals surface area contributed by atoms with Crippen molar-refractivity contribution in [1.82, 2.24) is 20.6 Å². The molecule has 2 heterocycles. The number of hydrogen-bond donors (Lipinski definition) is 3. The second-order valence-electron chi connectivity index (χ2n) is 6.07. The molecule has 0 spiro atoms. The van der Waals surface area contributed by atoms with Crippen LogP contribution in [0.1, 0.15) is 19.8 Å². The molecule has 2 aromatic rings. The van der Waals surface area contributed by atoms with Crippen molar-refractivity contribution < 1.29 is 0 Å². The van der Waals surface area contributed by atoms with Gasteiger partial charge in [0.05, 0.1) is 17.6 Å². The Bertz CT molecular complexity index is 734. The van der Waals surface area contributed by atoms with Gasteiger partial charge in [0.15, 0.2) is 0 Å². The molecular weight excluding hydrogens is 326 g/mol. The Labute approximate surface area is 146 Å². The molecule has 24 heavy (non-hydrogen) atoms. The molecule has 2 atom stereocenters. The summed E-state index contributed by atoms with van der Waals surface area (Å²) in [5, 5.41) is 7.61. The second kappa shape index (κ2) is 7.79. The molecule has 3 N–H and O–H groups in total. The van der Waals surface area contributed by atoms with Gasteiger partial charge in [0.1, 0.15) is 5.02 Å². The van der Waals surface area contributed by atoms with Crippen molar-refractivity contribution in [1.29, 1.82) is 0 Å². The third-order valence-corrected chi connectivity index (χ3v) is 4.75. The van der Waals surface area contributed by atoms with E-state index in [1.807, 2.05) is 30.3 Å². The van der Waals surface area contributed by atoms with Gasteiger partial charge >= 0.3 is 0 Å². The Kier molecular flexibility index (Phi) is 5.50. The number of rotatable bonds is 6. The van der Waals surface area contributed by atoms with Crippen molar-refractivity contribution in [3.8, 4) is 5.69 Å². The highest BCUT2D eigenvalue weighted by molar-refractivity contribution is 6.32. The normalized spacial score (nSPS) is 20.2. The van der Waals surface area contributed by atoms with Gasteiger partial charge in [-0.3, -0.25) is 15.6 Å². The number of para-hydroxylation sites is 1. The molecule has 0 aliphatic carbocycles. The predicted molar refractivity (Wildman–Crippen MR) is 96.7 cm³/mol. The first-order valence-corrected chi connectivity index (χ1v) is 8.60. The van der Waals surface area contributed by atoms with E-state index in [1.165, 1.54) is 4.68 Å². The summed E-state index contributed by atoms with van der Waals surface area (Å²) in [6.07, 6.45) is 3.73. The van der Waals surface area contributed by atoms with E-state index in [9.17, 15) is 4.79 Å². The Morgan fingerprint density at radius 3 is 2.88 bits per heavy atom. The van der Waals surface area contributed by atoms with E-state index in [4.69, 9.17) is 11.6 Å². The third kappa shape index (κ3) is 3.77. The van der Waals surface area contributed by atoms with Gasteiger partial charge in [-0.1, -0.05) is 29.8 Å². The maximum absolute atomic E-state index is 12.4. The highest BCUT2D eigenvalue weighted by atomic mass is 35.5. The minimum Gasteiger partial charge on any atom is -0.382 e. The van der Waals surface area contributed by atoms with Crippen molar-refractivity contribution in [3.63, 3.8) is 0 Å². The van der Waals surface area contributed by atoms with Crippen LogP contribution in [0, 0.1) is 5.92 Å². The maximum Gasteiger partial charge on any atom is 0.292 e. The van der Waals surface area contributed by atoms with Crippen LogP contribution in [0.15, 0.2) is 41.3 Å². The Hall–Kier alpha value is -1.89. The molecule has 0 bridgehead atoms. The molecule has 1 aliphatic rings. The van der Waals surface area contributed by atoms with Gasteiger partial charge in [-0.15, -0.1) is 0 Å². The van der Waals surface area contributed by atoms with Crippen LogP contribution in [0.2, 0.25) is 5.02 Å². The highest BCUT2D eigenvalue weighted by Gasteiger charge is 2.21. The molecule has 1 aromatic heterocycles. The average molecular weight is 348 g/mol. The monoisotopic (exact) mass is 347 g/mol. The van der Waals surface area contributed by atoms with E-state index in [0.29, 0.717) is 23.3 Å². The van der Waals surface area contributed by atoms with E-state index in [-0.39, 0.29) is 10.6 Å². The summed E-state index contributed by atoms with van der Waals surface area (Å²) >= 11 is 6.22. The van der Waals surface area contributed by atoms with Gasteiger partial charge < -0.3 is 5.32 Å². The first-order chi connectivity index (χ1) is 11.7. The van der Waals surface area contributed by atoms with Crippen LogP contribution in [0.3, 0.4) is 0 Å². The number of benzene rings is 1. The standard InChI is InChI=1S/C17H22ClN5O/c1-12-13(10-20-22-12)6-5-9-19-15-11-21-23(17(24)16(15)18)14-7-3-2-4-8-14/h2-4,7-8,11-13,19-20,22H,5-6,9-10H2,1H3. The summed E-state index contributed by atoms with van der Waals surface area (Å²) in [5.74, 6) is 0.631. The molecule has 0 radical (unpaired) electrons. The van der Waals surface area contributed by atoms with E-state index in [2.05, 4.69) is 28.2 Å². The molecule has 128 valence electrons. The van der Waals surface area contributed by atoms with Gasteiger partial charge in [-0.25, -0.2) is 0 Å². The number of hydrazine groups is 1. The molecule has 0 amide bonds. The zero-order valence-corrected chi connectivity index (χ0v) is 14.4. The SMILES string of the molecule is CC1NNCC1CCCNc1cnn(-c2ccccc2)c(=O)c1Cl. The minimum atomic E-state index is -0.314. The lowest BCUT2D eigenvalue weighted by molar-refractivity contribution is 0.452. The minimum absolute atomic E-state index is 0.173. The molecular formula is C17H22ClN5O. The molecule has 1 aromatic carbocycles. The lowest BCUT2D eigenvalue weighted by Gasteiger charge is -2.14. The highest BCUT2D eigenvalue weighted by Crippen LogP contribution is 2.18. The van der Waals surface area contributed by atoms with E-state index < -0.39 is 0 Å². The molecule has 2 unspecified atom stereocenters. The lowest BCUT2D eigenvalue weighted by Crippen LogP contribution is -2.28. The van der Waals surface area contributed by atoms with Crippen LogP contribution in [-0.2, 0) is 0 Å². The number of halogens is 1. The summed E-state index contributed by atoms with van der Waals surface area (Å²) in [6, 6.07) is 9.74.